The summed E-state index contributed by atoms with van der Waals surface area (Å²) in [4.78, 5) is 23.6. The Morgan fingerprint density at radius 1 is 1.47 bits per heavy atom. The van der Waals surface area contributed by atoms with E-state index in [1.165, 1.54) is 11.9 Å². The molecule has 1 fully saturated rings. The first kappa shape index (κ1) is 12.0. The number of amides is 1. The summed E-state index contributed by atoms with van der Waals surface area (Å²) >= 11 is 0. The molecule has 1 aliphatic carbocycles. The predicted octanol–water partition coefficient (Wildman–Crippen LogP) is 0.346. The molecule has 5 heteroatoms. The number of carboxylic acid groups (broad SMARTS) is 1. The number of aliphatic carboxylic acids is 1. The minimum Gasteiger partial charge on any atom is -0.480 e. The van der Waals surface area contributed by atoms with Crippen molar-refractivity contribution in [2.45, 2.75) is 19.8 Å². The summed E-state index contributed by atoms with van der Waals surface area (Å²) in [5, 5.41) is 8.57. The lowest BCUT2D eigenvalue weighted by molar-refractivity contribution is -0.147. The Bertz CT molecular complexity index is 260. The van der Waals surface area contributed by atoms with Gasteiger partial charge in [0.25, 0.3) is 0 Å². The van der Waals surface area contributed by atoms with Crippen LogP contribution >= 0.6 is 0 Å². The zero-order valence-corrected chi connectivity index (χ0v) is 9.15. The van der Waals surface area contributed by atoms with Gasteiger partial charge in [-0.3, -0.25) is 9.59 Å². The second-order valence-corrected chi connectivity index (χ2v) is 3.97. The fourth-order valence-corrected chi connectivity index (χ4v) is 1.55. The van der Waals surface area contributed by atoms with Gasteiger partial charge in [-0.15, -0.1) is 0 Å². The molecule has 0 aromatic heterocycles. The lowest BCUT2D eigenvalue weighted by atomic mass is 10.1. The molecule has 0 radical (unpaired) electrons. The Balaban J connectivity index is 2.48. The van der Waals surface area contributed by atoms with Gasteiger partial charge in [0, 0.05) is 13.7 Å². The number of carbonyl (C=O) groups excluding carboxylic acids is 1. The van der Waals surface area contributed by atoms with Gasteiger partial charge >= 0.3 is 5.97 Å². The third-order valence-corrected chi connectivity index (χ3v) is 2.61. The molecule has 1 rings (SSSR count). The highest BCUT2D eigenvalue weighted by Gasteiger charge is 2.51. The minimum absolute atomic E-state index is 0.113. The standard InChI is InChI=1S/C10H17NO4/c1-3-15-7-10(4-5-10)9(14)11(2)6-8(12)13/h3-7H2,1-2H3,(H,12,13). The van der Waals surface area contributed by atoms with Crippen molar-refractivity contribution < 1.29 is 19.4 Å². The van der Waals surface area contributed by atoms with Crippen molar-refractivity contribution in [3.63, 3.8) is 0 Å². The van der Waals surface area contributed by atoms with E-state index >= 15 is 0 Å². The Labute approximate surface area is 89.0 Å². The van der Waals surface area contributed by atoms with Crippen LogP contribution in [0.3, 0.4) is 0 Å². The van der Waals surface area contributed by atoms with E-state index in [2.05, 4.69) is 0 Å². The SMILES string of the molecule is CCOCC1(C(=O)N(C)CC(=O)O)CC1. The number of ether oxygens (including phenoxy) is 1. The van der Waals surface area contributed by atoms with Crippen LogP contribution in [0, 0.1) is 5.41 Å². The molecule has 0 spiro atoms. The Hall–Kier alpha value is -1.10. The molecule has 0 bridgehead atoms. The third kappa shape index (κ3) is 2.92. The van der Waals surface area contributed by atoms with E-state index < -0.39 is 11.4 Å². The van der Waals surface area contributed by atoms with Gasteiger partial charge in [-0.25, -0.2) is 0 Å². The number of carbonyl (C=O) groups is 2. The van der Waals surface area contributed by atoms with Crippen LogP contribution in [-0.4, -0.2) is 48.7 Å². The van der Waals surface area contributed by atoms with E-state index in [-0.39, 0.29) is 12.5 Å². The quantitative estimate of drug-likeness (QED) is 0.694. The molecule has 1 amide bonds. The summed E-state index contributed by atoms with van der Waals surface area (Å²) in [6.07, 6.45) is 1.60. The largest absolute Gasteiger partial charge is 0.480 e. The Morgan fingerprint density at radius 2 is 2.07 bits per heavy atom. The highest BCUT2D eigenvalue weighted by molar-refractivity contribution is 5.88. The zero-order chi connectivity index (χ0) is 11.5. The topological polar surface area (TPSA) is 66.8 Å². The van der Waals surface area contributed by atoms with Crippen LogP contribution in [0.25, 0.3) is 0 Å². The maximum atomic E-state index is 11.9. The molecule has 1 saturated carbocycles. The first-order valence-corrected chi connectivity index (χ1v) is 5.07. The first-order valence-electron chi connectivity index (χ1n) is 5.07. The van der Waals surface area contributed by atoms with Gasteiger partial charge in [0.1, 0.15) is 6.54 Å². The molecule has 86 valence electrons. The third-order valence-electron chi connectivity index (χ3n) is 2.61. The van der Waals surface area contributed by atoms with E-state index in [9.17, 15) is 9.59 Å². The number of hydrogen-bond donors (Lipinski definition) is 1. The van der Waals surface area contributed by atoms with Crippen molar-refractivity contribution in [3.05, 3.63) is 0 Å². The summed E-state index contributed by atoms with van der Waals surface area (Å²) < 4.78 is 5.24. The monoisotopic (exact) mass is 215 g/mol. The number of hydrogen-bond acceptors (Lipinski definition) is 3. The van der Waals surface area contributed by atoms with Gasteiger partial charge in [0.05, 0.1) is 12.0 Å². The molecule has 1 N–H and O–H groups in total. The second kappa shape index (κ2) is 4.61. The van der Waals surface area contributed by atoms with Gasteiger partial charge in [-0.2, -0.15) is 0 Å². The van der Waals surface area contributed by atoms with Crippen LogP contribution < -0.4 is 0 Å². The van der Waals surface area contributed by atoms with Crippen molar-refractivity contribution in [2.75, 3.05) is 26.8 Å². The molecule has 1 aliphatic rings. The minimum atomic E-state index is -0.988. The van der Waals surface area contributed by atoms with Gasteiger partial charge in [-0.1, -0.05) is 0 Å². The van der Waals surface area contributed by atoms with Gasteiger partial charge in [0.15, 0.2) is 0 Å². The van der Waals surface area contributed by atoms with Crippen LogP contribution in [0.4, 0.5) is 0 Å². The summed E-state index contributed by atoms with van der Waals surface area (Å²) in [5.74, 6) is -1.10. The van der Waals surface area contributed by atoms with Crippen LogP contribution in [0.5, 0.6) is 0 Å². The van der Waals surface area contributed by atoms with E-state index in [4.69, 9.17) is 9.84 Å². The molecule has 5 nitrogen and oxygen atoms in total. The van der Waals surface area contributed by atoms with Crippen LogP contribution in [0.15, 0.2) is 0 Å². The van der Waals surface area contributed by atoms with Crippen molar-refractivity contribution in [2.24, 2.45) is 5.41 Å². The summed E-state index contributed by atoms with van der Waals surface area (Å²) in [7, 11) is 1.52. The normalized spacial score (nSPS) is 17.2. The lowest BCUT2D eigenvalue weighted by Crippen LogP contribution is -2.39. The lowest BCUT2D eigenvalue weighted by Gasteiger charge is -2.21. The van der Waals surface area contributed by atoms with Crippen LogP contribution in [0.1, 0.15) is 19.8 Å². The summed E-state index contributed by atoms with van der Waals surface area (Å²) in [5.41, 5.74) is -0.430. The molecular weight excluding hydrogens is 198 g/mol. The van der Waals surface area contributed by atoms with Crippen molar-refractivity contribution in [3.8, 4) is 0 Å². The van der Waals surface area contributed by atoms with Gasteiger partial charge in [0.2, 0.25) is 5.91 Å². The molecule has 0 heterocycles. The molecular formula is C10H17NO4. The molecule has 0 unspecified atom stereocenters. The fraction of sp³-hybridized carbons (Fsp3) is 0.800. The number of rotatable bonds is 6. The van der Waals surface area contributed by atoms with E-state index in [1.807, 2.05) is 6.92 Å². The summed E-state index contributed by atoms with van der Waals surface area (Å²) in [6, 6.07) is 0. The second-order valence-electron chi connectivity index (χ2n) is 3.97. The molecule has 0 atom stereocenters. The maximum absolute atomic E-state index is 11.9. The summed E-state index contributed by atoms with van der Waals surface area (Å²) in [6.45, 7) is 2.62. The smallest absolute Gasteiger partial charge is 0.323 e. The maximum Gasteiger partial charge on any atom is 0.323 e. The average Bonchev–Trinajstić information content (AvgIpc) is 2.93. The van der Waals surface area contributed by atoms with E-state index in [1.54, 1.807) is 0 Å². The van der Waals surface area contributed by atoms with Gasteiger partial charge < -0.3 is 14.7 Å². The first-order chi connectivity index (χ1) is 7.02. The van der Waals surface area contributed by atoms with Crippen LogP contribution in [-0.2, 0) is 14.3 Å². The fourth-order valence-electron chi connectivity index (χ4n) is 1.55. The molecule has 0 saturated heterocycles. The number of likely N-dealkylation sites (N-methyl/N-ethyl adjacent to an activating group) is 1. The molecule has 0 aliphatic heterocycles. The van der Waals surface area contributed by atoms with Gasteiger partial charge in [-0.05, 0) is 19.8 Å². The highest BCUT2D eigenvalue weighted by atomic mass is 16.5. The van der Waals surface area contributed by atoms with E-state index in [0.29, 0.717) is 13.2 Å². The predicted molar refractivity (Wildman–Crippen MR) is 53.4 cm³/mol. The molecule has 0 aromatic carbocycles. The Morgan fingerprint density at radius 3 is 2.47 bits per heavy atom. The van der Waals surface area contributed by atoms with Crippen LogP contribution in [0.2, 0.25) is 0 Å². The van der Waals surface area contributed by atoms with Crippen molar-refractivity contribution in [1.82, 2.24) is 4.90 Å². The Kier molecular flexibility index (Phi) is 3.68. The highest BCUT2D eigenvalue weighted by Crippen LogP contribution is 2.47. The van der Waals surface area contributed by atoms with Crippen molar-refractivity contribution >= 4 is 11.9 Å². The van der Waals surface area contributed by atoms with Crippen molar-refractivity contribution in [1.29, 1.82) is 0 Å². The average molecular weight is 215 g/mol. The number of carboxylic acids is 1. The van der Waals surface area contributed by atoms with E-state index in [0.717, 1.165) is 12.8 Å². The molecule has 0 aromatic rings. The zero-order valence-electron chi connectivity index (χ0n) is 9.15. The molecule has 15 heavy (non-hydrogen) atoms. The number of nitrogens with zero attached hydrogens (tertiary/aromatic N) is 1.